The first-order valence-corrected chi connectivity index (χ1v) is 11.8. The number of nitrogens with zero attached hydrogens (tertiary/aromatic N) is 5. The number of methoxy groups -OCH3 is 1. The lowest BCUT2D eigenvalue weighted by Gasteiger charge is -2.19. The lowest BCUT2D eigenvalue weighted by Crippen LogP contribution is -2.33. The van der Waals surface area contributed by atoms with Crippen LogP contribution in [0.1, 0.15) is 57.5 Å². The summed E-state index contributed by atoms with van der Waals surface area (Å²) in [5.74, 6) is -2.14. The quantitative estimate of drug-likeness (QED) is 0.104. The Morgan fingerprint density at radius 3 is 1.97 bits per heavy atom. The third kappa shape index (κ3) is 9.22. The van der Waals surface area contributed by atoms with Gasteiger partial charge in [0.15, 0.2) is 5.69 Å². The second kappa shape index (κ2) is 17.9. The van der Waals surface area contributed by atoms with Crippen LogP contribution in [0.2, 0.25) is 0 Å². The first-order valence-electron chi connectivity index (χ1n) is 11.8. The van der Waals surface area contributed by atoms with Crippen LogP contribution in [0.3, 0.4) is 0 Å². The van der Waals surface area contributed by atoms with Crippen molar-refractivity contribution >= 4 is 35.3 Å². The number of benzene rings is 1. The SMILES string of the molecule is CC.CC.CNC(=O)/C(N=Nc1c([N+](=O)[O-])cc([N+](=O)[O-])c(C)c1C(=O)N(C=O)CC(C)C)=C(\NC)OC. The molecular weight excluding hydrogens is 502 g/mol. The maximum Gasteiger partial charge on any atom is 0.304 e. The van der Waals surface area contributed by atoms with Gasteiger partial charge in [-0.05, 0) is 12.8 Å². The summed E-state index contributed by atoms with van der Waals surface area (Å²) >= 11 is 0. The minimum absolute atomic E-state index is 0.0637. The normalized spacial score (nSPS) is 10.7. The molecule has 0 aliphatic rings. The van der Waals surface area contributed by atoms with Crippen molar-refractivity contribution < 1.29 is 29.0 Å². The average Bonchev–Trinajstić information content (AvgIpc) is 2.90. The van der Waals surface area contributed by atoms with Crippen LogP contribution in [-0.4, -0.2) is 60.7 Å². The Bertz CT molecular complexity index is 1060. The number of hydrogen-bond donors (Lipinski definition) is 2. The van der Waals surface area contributed by atoms with Gasteiger partial charge in [-0.2, -0.15) is 0 Å². The van der Waals surface area contributed by atoms with Gasteiger partial charge in [0.05, 0.1) is 28.6 Å². The highest BCUT2D eigenvalue weighted by molar-refractivity contribution is 6.07. The summed E-state index contributed by atoms with van der Waals surface area (Å²) in [6.45, 7) is 12.6. The van der Waals surface area contributed by atoms with E-state index < -0.39 is 50.0 Å². The Morgan fingerprint density at radius 2 is 1.61 bits per heavy atom. The number of nitro benzene ring substituents is 2. The Balaban J connectivity index is 0. The van der Waals surface area contributed by atoms with E-state index in [4.69, 9.17) is 4.74 Å². The van der Waals surface area contributed by atoms with Crippen molar-refractivity contribution in [2.24, 2.45) is 16.1 Å². The molecule has 0 unspecified atom stereocenters. The van der Waals surface area contributed by atoms with Crippen LogP contribution in [0.5, 0.6) is 0 Å². The van der Waals surface area contributed by atoms with Gasteiger partial charge in [-0.3, -0.25) is 39.5 Å². The number of hydrogen-bond acceptors (Lipinski definition) is 11. The molecule has 0 heterocycles. The van der Waals surface area contributed by atoms with Crippen LogP contribution in [0.25, 0.3) is 0 Å². The molecule has 1 aromatic rings. The van der Waals surface area contributed by atoms with Gasteiger partial charge in [-0.15, -0.1) is 10.2 Å². The summed E-state index contributed by atoms with van der Waals surface area (Å²) in [5.41, 5.74) is -3.57. The smallest absolute Gasteiger partial charge is 0.304 e. The van der Waals surface area contributed by atoms with E-state index in [9.17, 15) is 34.6 Å². The van der Waals surface area contributed by atoms with E-state index in [1.54, 1.807) is 13.8 Å². The van der Waals surface area contributed by atoms with Crippen molar-refractivity contribution in [3.05, 3.63) is 49.0 Å². The largest absolute Gasteiger partial charge is 0.481 e. The molecule has 0 saturated carbocycles. The maximum absolute atomic E-state index is 13.2. The third-order valence-corrected chi connectivity index (χ3v) is 4.41. The number of carbonyl (C=O) groups excluding carboxylic acids is 3. The fraction of sp³-hybridized carbons (Fsp3) is 0.522. The van der Waals surface area contributed by atoms with Crippen LogP contribution in [-0.2, 0) is 14.3 Å². The minimum Gasteiger partial charge on any atom is -0.481 e. The van der Waals surface area contributed by atoms with Gasteiger partial charge in [-0.25, -0.2) is 0 Å². The van der Waals surface area contributed by atoms with Gasteiger partial charge >= 0.3 is 5.69 Å². The molecule has 38 heavy (non-hydrogen) atoms. The molecule has 0 spiro atoms. The summed E-state index contributed by atoms with van der Waals surface area (Å²) in [5, 5.41) is 35.6. The van der Waals surface area contributed by atoms with Crippen molar-refractivity contribution in [2.75, 3.05) is 27.7 Å². The second-order valence-corrected chi connectivity index (χ2v) is 7.15. The van der Waals surface area contributed by atoms with Gasteiger partial charge in [0.25, 0.3) is 17.5 Å². The van der Waals surface area contributed by atoms with E-state index in [0.717, 1.165) is 4.90 Å². The predicted molar refractivity (Wildman–Crippen MR) is 141 cm³/mol. The zero-order chi connectivity index (χ0) is 30.2. The number of carbonyl (C=O) groups is 3. The number of ether oxygens (including phenoxy) is 1. The van der Waals surface area contributed by atoms with Crippen LogP contribution < -0.4 is 10.6 Å². The first kappa shape index (κ1) is 35.7. The number of amides is 3. The monoisotopic (exact) mass is 539 g/mol. The number of nitrogens with one attached hydrogen (secondary N) is 2. The average molecular weight is 540 g/mol. The second-order valence-electron chi connectivity index (χ2n) is 7.15. The highest BCUT2D eigenvalue weighted by atomic mass is 16.6. The molecule has 0 fully saturated rings. The molecule has 1 rings (SSSR count). The van der Waals surface area contributed by atoms with Gasteiger partial charge in [0.1, 0.15) is 0 Å². The van der Waals surface area contributed by atoms with Crippen LogP contribution in [0, 0.1) is 33.1 Å². The number of imide groups is 1. The van der Waals surface area contributed by atoms with Crippen molar-refractivity contribution in [3.63, 3.8) is 0 Å². The van der Waals surface area contributed by atoms with Gasteiger partial charge in [0.2, 0.25) is 18.0 Å². The molecule has 0 bridgehead atoms. The Hall–Kier alpha value is -4.43. The molecule has 3 amide bonds. The summed E-state index contributed by atoms with van der Waals surface area (Å²) in [6.07, 6.45) is 0.216. The van der Waals surface area contributed by atoms with E-state index in [1.807, 2.05) is 27.7 Å². The Morgan fingerprint density at radius 1 is 1.08 bits per heavy atom. The molecule has 0 aliphatic heterocycles. The standard InChI is InChI=1S/C19H25N7O8.2C2H6/c1-10(2)8-24(9-27)19(29)14-11(3)12(25(30)31)7-13(26(32)33)15(14)22-23-16(17(28)20-4)18(21-5)34-6;2*1-2/h7,9-10,21H,8H2,1-6H3,(H,20,28);2*1-2H3/b18-16-,23-22?;;. The predicted octanol–water partition coefficient (Wildman–Crippen LogP) is 3.98. The Kier molecular flexibility index (Phi) is 16.8. The van der Waals surface area contributed by atoms with Crippen molar-refractivity contribution in [1.82, 2.24) is 15.5 Å². The highest BCUT2D eigenvalue weighted by Crippen LogP contribution is 2.40. The fourth-order valence-corrected chi connectivity index (χ4v) is 2.87. The summed E-state index contributed by atoms with van der Waals surface area (Å²) in [6, 6.07) is 0.632. The lowest BCUT2D eigenvalue weighted by atomic mass is 10.0. The molecule has 0 saturated heterocycles. The van der Waals surface area contributed by atoms with Crippen molar-refractivity contribution in [1.29, 1.82) is 0 Å². The number of rotatable bonds is 11. The molecule has 1 aromatic carbocycles. The zero-order valence-electron chi connectivity index (χ0n) is 23.4. The van der Waals surface area contributed by atoms with Crippen molar-refractivity contribution in [3.8, 4) is 0 Å². The topological polar surface area (TPSA) is 199 Å². The molecular formula is C23H37N7O8. The van der Waals surface area contributed by atoms with Gasteiger partial charge in [-0.1, -0.05) is 41.5 Å². The minimum atomic E-state index is -1.05. The number of likely N-dealkylation sites (N-methyl/N-ethyl adjacent to an activating group) is 1. The van der Waals surface area contributed by atoms with E-state index in [0.29, 0.717) is 6.07 Å². The number of azo groups is 1. The first-order chi connectivity index (χ1) is 17.9. The molecule has 2 N–H and O–H groups in total. The van der Waals surface area contributed by atoms with Crippen LogP contribution >= 0.6 is 0 Å². The van der Waals surface area contributed by atoms with E-state index >= 15 is 0 Å². The molecule has 0 aliphatic carbocycles. The third-order valence-electron chi connectivity index (χ3n) is 4.41. The zero-order valence-corrected chi connectivity index (χ0v) is 23.4. The molecule has 0 aromatic heterocycles. The fourth-order valence-electron chi connectivity index (χ4n) is 2.87. The molecule has 0 radical (unpaired) electrons. The van der Waals surface area contributed by atoms with E-state index in [1.165, 1.54) is 28.1 Å². The molecule has 15 heteroatoms. The lowest BCUT2D eigenvalue weighted by molar-refractivity contribution is -0.394. The van der Waals surface area contributed by atoms with Crippen LogP contribution in [0.4, 0.5) is 17.1 Å². The molecule has 212 valence electrons. The highest BCUT2D eigenvalue weighted by Gasteiger charge is 2.34. The molecule has 0 atom stereocenters. The summed E-state index contributed by atoms with van der Waals surface area (Å²) in [4.78, 5) is 59.1. The van der Waals surface area contributed by atoms with E-state index in [2.05, 4.69) is 20.9 Å². The van der Waals surface area contributed by atoms with Gasteiger partial charge < -0.3 is 15.4 Å². The number of nitro groups is 2. The van der Waals surface area contributed by atoms with Gasteiger partial charge in [0, 0.05) is 26.2 Å². The van der Waals surface area contributed by atoms with E-state index in [-0.39, 0.29) is 30.3 Å². The Labute approximate surface area is 221 Å². The summed E-state index contributed by atoms with van der Waals surface area (Å²) < 4.78 is 5.01. The maximum atomic E-state index is 13.2. The summed E-state index contributed by atoms with van der Waals surface area (Å²) in [7, 11) is 3.94. The van der Waals surface area contributed by atoms with Crippen molar-refractivity contribution in [2.45, 2.75) is 48.5 Å². The molecule has 15 nitrogen and oxygen atoms in total. The van der Waals surface area contributed by atoms with Crippen LogP contribution in [0.15, 0.2) is 27.9 Å².